The van der Waals surface area contributed by atoms with Crippen molar-refractivity contribution < 1.29 is 4.74 Å². The number of hydrogen-bond acceptors (Lipinski definition) is 1. The van der Waals surface area contributed by atoms with E-state index >= 15 is 0 Å². The molecule has 13 heavy (non-hydrogen) atoms. The lowest BCUT2D eigenvalue weighted by Gasteiger charge is -2.07. The number of ether oxygens (including phenoxy) is 1. The summed E-state index contributed by atoms with van der Waals surface area (Å²) in [5.41, 5.74) is 1.34. The molecule has 0 bridgehead atoms. The van der Waals surface area contributed by atoms with Gasteiger partial charge in [-0.15, -0.1) is 0 Å². The van der Waals surface area contributed by atoms with Gasteiger partial charge in [0.1, 0.15) is 5.75 Å². The van der Waals surface area contributed by atoms with E-state index in [9.17, 15) is 0 Å². The van der Waals surface area contributed by atoms with E-state index in [0.29, 0.717) is 6.10 Å². The molecule has 0 aromatic heterocycles. The summed E-state index contributed by atoms with van der Waals surface area (Å²) >= 11 is 3.52. The smallest absolute Gasteiger partial charge is 0.133 e. The summed E-state index contributed by atoms with van der Waals surface area (Å²) in [5, 5.41) is 0. The van der Waals surface area contributed by atoms with Crippen LogP contribution < -0.4 is 4.74 Å². The normalized spacial score (nSPS) is 15.8. The minimum Gasteiger partial charge on any atom is -0.489 e. The van der Waals surface area contributed by atoms with Crippen LogP contribution in [0, 0.1) is 0 Å². The Labute approximate surface area is 87.2 Å². The molecule has 1 aliphatic carbocycles. The fourth-order valence-corrected chi connectivity index (χ4v) is 1.74. The third-order valence-electron chi connectivity index (χ3n) is 2.22. The molecule has 2 heteroatoms. The van der Waals surface area contributed by atoms with Gasteiger partial charge in [-0.2, -0.15) is 0 Å². The first-order chi connectivity index (χ1) is 6.29. The van der Waals surface area contributed by atoms with Gasteiger partial charge in [-0.1, -0.05) is 13.0 Å². The maximum absolute atomic E-state index is 5.71. The van der Waals surface area contributed by atoms with Crippen LogP contribution in [0.2, 0.25) is 0 Å². The quantitative estimate of drug-likeness (QED) is 0.786. The van der Waals surface area contributed by atoms with E-state index in [1.807, 2.05) is 0 Å². The SMILES string of the molecule is CCc1ccc(OC2CC2)c(Br)c1. The summed E-state index contributed by atoms with van der Waals surface area (Å²) in [7, 11) is 0. The molecule has 0 heterocycles. The van der Waals surface area contributed by atoms with E-state index in [-0.39, 0.29) is 0 Å². The van der Waals surface area contributed by atoms with Crippen LogP contribution >= 0.6 is 15.9 Å². The average Bonchev–Trinajstić information content (AvgIpc) is 2.92. The molecule has 0 unspecified atom stereocenters. The van der Waals surface area contributed by atoms with Crippen LogP contribution in [-0.2, 0) is 6.42 Å². The summed E-state index contributed by atoms with van der Waals surface area (Å²) in [6.07, 6.45) is 3.97. The molecule has 0 aliphatic heterocycles. The van der Waals surface area contributed by atoms with Gasteiger partial charge in [0.2, 0.25) is 0 Å². The largest absolute Gasteiger partial charge is 0.489 e. The summed E-state index contributed by atoms with van der Waals surface area (Å²) in [5.74, 6) is 0.986. The van der Waals surface area contributed by atoms with Crippen molar-refractivity contribution in [2.75, 3.05) is 0 Å². The first-order valence-electron chi connectivity index (χ1n) is 4.74. The Morgan fingerprint density at radius 2 is 2.23 bits per heavy atom. The molecule has 1 aromatic carbocycles. The third-order valence-corrected chi connectivity index (χ3v) is 2.84. The molecule has 1 fully saturated rings. The zero-order chi connectivity index (χ0) is 9.26. The topological polar surface area (TPSA) is 9.23 Å². The fraction of sp³-hybridized carbons (Fsp3) is 0.455. The van der Waals surface area contributed by atoms with Crippen molar-refractivity contribution in [3.05, 3.63) is 28.2 Å². The second-order valence-corrected chi connectivity index (χ2v) is 4.29. The highest BCUT2D eigenvalue weighted by Crippen LogP contribution is 2.32. The van der Waals surface area contributed by atoms with Gasteiger partial charge < -0.3 is 4.74 Å². The highest BCUT2D eigenvalue weighted by atomic mass is 79.9. The Morgan fingerprint density at radius 3 is 2.77 bits per heavy atom. The maximum Gasteiger partial charge on any atom is 0.133 e. The highest BCUT2D eigenvalue weighted by Gasteiger charge is 2.24. The molecule has 1 saturated carbocycles. The van der Waals surface area contributed by atoms with Crippen LogP contribution in [0.4, 0.5) is 0 Å². The molecule has 0 spiro atoms. The van der Waals surface area contributed by atoms with Crippen LogP contribution in [0.15, 0.2) is 22.7 Å². The Balaban J connectivity index is 2.15. The molecule has 70 valence electrons. The summed E-state index contributed by atoms with van der Waals surface area (Å²) in [6.45, 7) is 2.16. The van der Waals surface area contributed by atoms with E-state index < -0.39 is 0 Å². The maximum atomic E-state index is 5.71. The minimum atomic E-state index is 0.476. The van der Waals surface area contributed by atoms with Crippen molar-refractivity contribution in [2.24, 2.45) is 0 Å². The lowest BCUT2D eigenvalue weighted by molar-refractivity contribution is 0.301. The monoisotopic (exact) mass is 240 g/mol. The van der Waals surface area contributed by atoms with E-state index in [1.165, 1.54) is 18.4 Å². The van der Waals surface area contributed by atoms with Gasteiger partial charge in [-0.05, 0) is 52.9 Å². The van der Waals surface area contributed by atoms with Gasteiger partial charge in [0, 0.05) is 0 Å². The van der Waals surface area contributed by atoms with Crippen molar-refractivity contribution in [1.82, 2.24) is 0 Å². The number of rotatable bonds is 3. The second kappa shape index (κ2) is 3.70. The van der Waals surface area contributed by atoms with Gasteiger partial charge in [0.05, 0.1) is 10.6 Å². The predicted molar refractivity (Wildman–Crippen MR) is 57.2 cm³/mol. The number of aryl methyl sites for hydroxylation is 1. The van der Waals surface area contributed by atoms with Crippen LogP contribution in [0.3, 0.4) is 0 Å². The predicted octanol–water partition coefficient (Wildman–Crippen LogP) is 3.55. The molecule has 1 aromatic rings. The van der Waals surface area contributed by atoms with Gasteiger partial charge in [0.15, 0.2) is 0 Å². The number of benzene rings is 1. The summed E-state index contributed by atoms with van der Waals surface area (Å²) in [4.78, 5) is 0. The van der Waals surface area contributed by atoms with Crippen molar-refractivity contribution in [2.45, 2.75) is 32.3 Å². The Bertz CT molecular complexity index is 305. The number of hydrogen-bond donors (Lipinski definition) is 0. The Morgan fingerprint density at radius 1 is 1.46 bits per heavy atom. The van der Waals surface area contributed by atoms with E-state index in [4.69, 9.17) is 4.74 Å². The van der Waals surface area contributed by atoms with Gasteiger partial charge >= 0.3 is 0 Å². The van der Waals surface area contributed by atoms with Gasteiger partial charge in [0.25, 0.3) is 0 Å². The average molecular weight is 241 g/mol. The van der Waals surface area contributed by atoms with E-state index in [2.05, 4.69) is 41.1 Å². The molecular weight excluding hydrogens is 228 g/mol. The molecule has 0 N–H and O–H groups in total. The molecule has 1 aliphatic rings. The van der Waals surface area contributed by atoms with Crippen molar-refractivity contribution in [3.63, 3.8) is 0 Å². The first-order valence-corrected chi connectivity index (χ1v) is 5.54. The van der Waals surface area contributed by atoms with Crippen LogP contribution in [0.5, 0.6) is 5.75 Å². The van der Waals surface area contributed by atoms with Crippen LogP contribution in [-0.4, -0.2) is 6.10 Å². The lowest BCUT2D eigenvalue weighted by atomic mass is 10.2. The van der Waals surface area contributed by atoms with Crippen molar-refractivity contribution in [3.8, 4) is 5.75 Å². The van der Waals surface area contributed by atoms with E-state index in [0.717, 1.165) is 16.6 Å². The molecule has 0 atom stereocenters. The second-order valence-electron chi connectivity index (χ2n) is 3.44. The zero-order valence-electron chi connectivity index (χ0n) is 7.72. The standard InChI is InChI=1S/C11H13BrO/c1-2-8-3-6-11(10(12)7-8)13-9-4-5-9/h3,6-7,9H,2,4-5H2,1H3. The molecule has 0 saturated heterocycles. The highest BCUT2D eigenvalue weighted by molar-refractivity contribution is 9.10. The molecule has 1 nitrogen and oxygen atoms in total. The molecule has 0 radical (unpaired) electrons. The molecule has 0 amide bonds. The van der Waals surface area contributed by atoms with Gasteiger partial charge in [-0.3, -0.25) is 0 Å². The van der Waals surface area contributed by atoms with Crippen LogP contribution in [0.25, 0.3) is 0 Å². The Hall–Kier alpha value is -0.500. The third kappa shape index (κ3) is 2.25. The molecular formula is C11H13BrO. The van der Waals surface area contributed by atoms with Crippen molar-refractivity contribution in [1.29, 1.82) is 0 Å². The Kier molecular flexibility index (Phi) is 2.58. The van der Waals surface area contributed by atoms with E-state index in [1.54, 1.807) is 0 Å². The van der Waals surface area contributed by atoms with Gasteiger partial charge in [-0.25, -0.2) is 0 Å². The van der Waals surface area contributed by atoms with Crippen LogP contribution in [0.1, 0.15) is 25.3 Å². The zero-order valence-corrected chi connectivity index (χ0v) is 9.30. The summed E-state index contributed by atoms with van der Waals surface area (Å²) in [6, 6.07) is 6.32. The molecule has 2 rings (SSSR count). The fourth-order valence-electron chi connectivity index (χ4n) is 1.23. The summed E-state index contributed by atoms with van der Waals surface area (Å²) < 4.78 is 6.79. The lowest BCUT2D eigenvalue weighted by Crippen LogP contribution is -1.96. The first kappa shape index (κ1) is 9.07. The van der Waals surface area contributed by atoms with Crippen molar-refractivity contribution >= 4 is 15.9 Å². The number of halogens is 1. The minimum absolute atomic E-state index is 0.476.